The SMILES string of the molecule is CNCC(O)COc1cccc(-c2nc(-c3c(C)noc3C)cc(N3CCN(CCF)CC3)n2)c1. The minimum absolute atomic E-state index is 0.179. The number of nitrogens with zero attached hydrogens (tertiary/aromatic N) is 5. The minimum atomic E-state index is -0.606. The van der Waals surface area contributed by atoms with Gasteiger partial charge in [-0.2, -0.15) is 0 Å². The number of likely N-dealkylation sites (N-methyl/N-ethyl adjacent to an activating group) is 1. The van der Waals surface area contributed by atoms with Gasteiger partial charge in [0.2, 0.25) is 0 Å². The highest BCUT2D eigenvalue weighted by Crippen LogP contribution is 2.31. The number of benzene rings is 1. The van der Waals surface area contributed by atoms with E-state index < -0.39 is 6.10 Å². The Hall–Kier alpha value is -3.08. The Morgan fingerprint density at radius 2 is 1.97 bits per heavy atom. The molecule has 35 heavy (non-hydrogen) atoms. The zero-order valence-corrected chi connectivity index (χ0v) is 20.5. The average Bonchev–Trinajstić information content (AvgIpc) is 3.21. The largest absolute Gasteiger partial charge is 0.491 e. The van der Waals surface area contributed by atoms with E-state index in [-0.39, 0.29) is 13.3 Å². The van der Waals surface area contributed by atoms with Crippen LogP contribution in [-0.4, -0.2) is 90.8 Å². The first-order valence-corrected chi connectivity index (χ1v) is 11.9. The maximum atomic E-state index is 12.8. The highest BCUT2D eigenvalue weighted by atomic mass is 19.1. The molecule has 0 spiro atoms. The van der Waals surface area contributed by atoms with Crippen molar-refractivity contribution < 1.29 is 18.8 Å². The second kappa shape index (κ2) is 11.6. The third-order valence-electron chi connectivity index (χ3n) is 6.07. The van der Waals surface area contributed by atoms with E-state index in [1.807, 2.05) is 44.2 Å². The maximum Gasteiger partial charge on any atom is 0.162 e. The Kier molecular flexibility index (Phi) is 8.27. The van der Waals surface area contributed by atoms with Gasteiger partial charge in [-0.3, -0.25) is 4.90 Å². The molecule has 1 saturated heterocycles. The minimum Gasteiger partial charge on any atom is -0.491 e. The first kappa shape index (κ1) is 25.0. The molecule has 1 aliphatic rings. The zero-order chi connectivity index (χ0) is 24.8. The van der Waals surface area contributed by atoms with Gasteiger partial charge in [-0.05, 0) is 33.0 Å². The summed E-state index contributed by atoms with van der Waals surface area (Å²) in [5.74, 6) is 2.69. The van der Waals surface area contributed by atoms with Crippen LogP contribution < -0.4 is 15.0 Å². The molecule has 2 aromatic heterocycles. The number of piperazine rings is 1. The number of alkyl halides is 1. The standard InChI is InChI=1S/C25H33FN6O3/c1-17-24(18(2)35-30-17)22-14-23(32-11-9-31(8-7-26)10-12-32)29-25(28-22)19-5-4-6-21(13-19)34-16-20(33)15-27-3/h4-6,13-14,20,27,33H,7-12,15-16H2,1-3H3. The summed E-state index contributed by atoms with van der Waals surface area (Å²) in [5.41, 5.74) is 3.16. The molecule has 1 unspecified atom stereocenters. The molecule has 0 radical (unpaired) electrons. The highest BCUT2D eigenvalue weighted by Gasteiger charge is 2.22. The Morgan fingerprint density at radius 3 is 2.66 bits per heavy atom. The number of aliphatic hydroxyl groups is 1. The summed E-state index contributed by atoms with van der Waals surface area (Å²) in [6, 6.07) is 9.51. The second-order valence-corrected chi connectivity index (χ2v) is 8.70. The van der Waals surface area contributed by atoms with Gasteiger partial charge in [-0.15, -0.1) is 0 Å². The number of rotatable bonds is 10. The van der Waals surface area contributed by atoms with Crippen molar-refractivity contribution >= 4 is 5.82 Å². The molecule has 1 fully saturated rings. The highest BCUT2D eigenvalue weighted by molar-refractivity contribution is 5.71. The van der Waals surface area contributed by atoms with Crippen LogP contribution >= 0.6 is 0 Å². The van der Waals surface area contributed by atoms with E-state index >= 15 is 0 Å². The summed E-state index contributed by atoms with van der Waals surface area (Å²) >= 11 is 0. The smallest absolute Gasteiger partial charge is 0.162 e. The van der Waals surface area contributed by atoms with Gasteiger partial charge in [0.15, 0.2) is 5.82 Å². The number of ether oxygens (including phenoxy) is 1. The summed E-state index contributed by atoms with van der Waals surface area (Å²) < 4.78 is 24.0. The number of hydrogen-bond donors (Lipinski definition) is 2. The summed E-state index contributed by atoms with van der Waals surface area (Å²) in [6.07, 6.45) is -0.606. The van der Waals surface area contributed by atoms with Crippen molar-refractivity contribution in [2.45, 2.75) is 20.0 Å². The third kappa shape index (κ3) is 6.14. The van der Waals surface area contributed by atoms with Gasteiger partial charge in [0.05, 0.1) is 17.0 Å². The van der Waals surface area contributed by atoms with Crippen LogP contribution in [0, 0.1) is 13.8 Å². The van der Waals surface area contributed by atoms with Crippen molar-refractivity contribution in [2.75, 3.05) is 64.5 Å². The third-order valence-corrected chi connectivity index (χ3v) is 6.07. The molecule has 2 N–H and O–H groups in total. The predicted octanol–water partition coefficient (Wildman–Crippen LogP) is 2.47. The molecule has 3 aromatic rings. The van der Waals surface area contributed by atoms with E-state index in [9.17, 15) is 9.50 Å². The molecule has 1 atom stereocenters. The number of aromatic nitrogens is 3. The molecule has 0 bridgehead atoms. The molecule has 4 rings (SSSR count). The first-order valence-electron chi connectivity index (χ1n) is 11.9. The van der Waals surface area contributed by atoms with Gasteiger partial charge in [0.1, 0.15) is 36.7 Å². The van der Waals surface area contributed by atoms with E-state index in [1.54, 1.807) is 7.05 Å². The van der Waals surface area contributed by atoms with Crippen LogP contribution in [0.4, 0.5) is 10.2 Å². The van der Waals surface area contributed by atoms with Crippen molar-refractivity contribution in [3.05, 3.63) is 41.8 Å². The number of hydrogen-bond acceptors (Lipinski definition) is 9. The number of halogens is 1. The van der Waals surface area contributed by atoms with Crippen LogP contribution in [-0.2, 0) is 0 Å². The lowest BCUT2D eigenvalue weighted by atomic mass is 10.1. The van der Waals surface area contributed by atoms with Crippen molar-refractivity contribution in [3.8, 4) is 28.4 Å². The van der Waals surface area contributed by atoms with Gasteiger partial charge < -0.3 is 24.6 Å². The van der Waals surface area contributed by atoms with Crippen LogP contribution in [0.3, 0.4) is 0 Å². The molecule has 9 nitrogen and oxygen atoms in total. The quantitative estimate of drug-likeness (QED) is 0.449. The van der Waals surface area contributed by atoms with Crippen LogP contribution in [0.1, 0.15) is 11.5 Å². The molecule has 1 aliphatic heterocycles. The topological polar surface area (TPSA) is 99.8 Å². The van der Waals surface area contributed by atoms with E-state index in [0.29, 0.717) is 30.4 Å². The van der Waals surface area contributed by atoms with Gasteiger partial charge in [0.25, 0.3) is 0 Å². The van der Waals surface area contributed by atoms with Crippen molar-refractivity contribution in [2.24, 2.45) is 0 Å². The van der Waals surface area contributed by atoms with Crippen molar-refractivity contribution in [3.63, 3.8) is 0 Å². The zero-order valence-electron chi connectivity index (χ0n) is 20.5. The van der Waals surface area contributed by atoms with Gasteiger partial charge in [0, 0.05) is 50.9 Å². The lowest BCUT2D eigenvalue weighted by Crippen LogP contribution is -2.47. The van der Waals surface area contributed by atoms with Gasteiger partial charge in [-0.1, -0.05) is 17.3 Å². The monoisotopic (exact) mass is 484 g/mol. The van der Waals surface area contributed by atoms with E-state index in [2.05, 4.69) is 20.3 Å². The molecule has 3 heterocycles. The molecule has 188 valence electrons. The summed E-state index contributed by atoms with van der Waals surface area (Å²) in [5, 5.41) is 17.0. The number of anilines is 1. The summed E-state index contributed by atoms with van der Waals surface area (Å²) in [4.78, 5) is 14.1. The Bertz CT molecular complexity index is 1100. The first-order chi connectivity index (χ1) is 17.0. The number of nitrogens with one attached hydrogen (secondary N) is 1. The average molecular weight is 485 g/mol. The van der Waals surface area contributed by atoms with E-state index in [4.69, 9.17) is 19.2 Å². The fourth-order valence-corrected chi connectivity index (χ4v) is 4.23. The number of aryl methyl sites for hydroxylation is 2. The second-order valence-electron chi connectivity index (χ2n) is 8.70. The molecule has 10 heteroatoms. The maximum absolute atomic E-state index is 12.8. The molecular formula is C25H33FN6O3. The fourth-order valence-electron chi connectivity index (χ4n) is 4.23. The van der Waals surface area contributed by atoms with Gasteiger partial charge >= 0.3 is 0 Å². The van der Waals surface area contributed by atoms with E-state index in [1.165, 1.54) is 0 Å². The van der Waals surface area contributed by atoms with E-state index in [0.717, 1.165) is 54.5 Å². The normalized spacial score (nSPS) is 15.4. The van der Waals surface area contributed by atoms with Crippen LogP contribution in [0.15, 0.2) is 34.9 Å². The predicted molar refractivity (Wildman–Crippen MR) is 132 cm³/mol. The molecule has 0 amide bonds. The molecule has 0 saturated carbocycles. The van der Waals surface area contributed by atoms with Gasteiger partial charge in [-0.25, -0.2) is 14.4 Å². The lowest BCUT2D eigenvalue weighted by Gasteiger charge is -2.35. The lowest BCUT2D eigenvalue weighted by molar-refractivity contribution is 0.108. The summed E-state index contributed by atoms with van der Waals surface area (Å²) in [7, 11) is 1.78. The van der Waals surface area contributed by atoms with Crippen molar-refractivity contribution in [1.29, 1.82) is 0 Å². The Balaban J connectivity index is 1.66. The summed E-state index contributed by atoms with van der Waals surface area (Å²) in [6.45, 7) is 7.59. The number of aliphatic hydroxyl groups excluding tert-OH is 1. The van der Waals surface area contributed by atoms with Crippen molar-refractivity contribution in [1.82, 2.24) is 25.3 Å². The Morgan fingerprint density at radius 1 is 1.17 bits per heavy atom. The van der Waals surface area contributed by atoms with Crippen LogP contribution in [0.25, 0.3) is 22.6 Å². The molecule has 1 aromatic carbocycles. The fraction of sp³-hybridized carbons (Fsp3) is 0.480. The van der Waals surface area contributed by atoms with Crippen LogP contribution in [0.2, 0.25) is 0 Å². The Labute approximate surface area is 204 Å². The molecule has 0 aliphatic carbocycles. The molecular weight excluding hydrogens is 451 g/mol. The van der Waals surface area contributed by atoms with Crippen LogP contribution in [0.5, 0.6) is 5.75 Å².